The molecule has 1 aliphatic carbocycles. The third kappa shape index (κ3) is 5.68. The predicted molar refractivity (Wildman–Crippen MR) is 120 cm³/mol. The van der Waals surface area contributed by atoms with Crippen LogP contribution in [-0.2, 0) is 14.4 Å². The van der Waals surface area contributed by atoms with Gasteiger partial charge in [0.05, 0.1) is 10.4 Å². The van der Waals surface area contributed by atoms with Crippen molar-refractivity contribution in [3.8, 4) is 0 Å². The molecule has 3 amide bonds. The highest BCUT2D eigenvalue weighted by atomic mass is 35.5. The van der Waals surface area contributed by atoms with Gasteiger partial charge >= 0.3 is 11.8 Å². The number of alkyl halides is 1. The van der Waals surface area contributed by atoms with Crippen molar-refractivity contribution in [2.24, 2.45) is 0 Å². The predicted octanol–water partition coefficient (Wildman–Crippen LogP) is 3.23. The Bertz CT molecular complexity index is 834. The van der Waals surface area contributed by atoms with E-state index in [1.54, 1.807) is 6.07 Å². The highest BCUT2D eigenvalue weighted by molar-refractivity contribution is 8.03. The molecule has 1 saturated carbocycles. The van der Waals surface area contributed by atoms with Crippen LogP contribution in [0.15, 0.2) is 29.3 Å². The van der Waals surface area contributed by atoms with Gasteiger partial charge in [-0.1, -0.05) is 31.4 Å². The van der Waals surface area contributed by atoms with E-state index in [4.69, 9.17) is 23.2 Å². The van der Waals surface area contributed by atoms with Gasteiger partial charge in [-0.3, -0.25) is 14.4 Å². The topological polar surface area (TPSA) is 100 Å². The van der Waals surface area contributed by atoms with Crippen LogP contribution in [0.4, 0.5) is 5.82 Å². The molecule has 3 N–H and O–H groups in total. The van der Waals surface area contributed by atoms with Gasteiger partial charge in [-0.15, -0.1) is 23.4 Å². The number of nitrogens with zero attached hydrogens (tertiary/aromatic N) is 1. The lowest BCUT2D eigenvalue weighted by molar-refractivity contribution is -0.137. The third-order valence-corrected chi connectivity index (χ3v) is 7.36. The first-order valence-electron chi connectivity index (χ1n) is 9.91. The molecule has 2 aliphatic rings. The maximum absolute atomic E-state index is 12.8. The molecule has 30 heavy (non-hydrogen) atoms. The van der Waals surface area contributed by atoms with Crippen LogP contribution < -0.4 is 16.0 Å². The number of rotatable bonds is 5. The Morgan fingerprint density at radius 2 is 1.83 bits per heavy atom. The molecule has 1 aromatic heterocycles. The second-order valence-corrected chi connectivity index (χ2v) is 9.22. The zero-order valence-corrected chi connectivity index (χ0v) is 18.8. The van der Waals surface area contributed by atoms with Gasteiger partial charge < -0.3 is 16.0 Å². The van der Waals surface area contributed by atoms with E-state index < -0.39 is 11.8 Å². The lowest BCUT2D eigenvalue weighted by Crippen LogP contribution is -2.56. The summed E-state index contributed by atoms with van der Waals surface area (Å²) in [6.45, 7) is 2.01. The molecule has 1 fully saturated rings. The molecule has 7 nitrogen and oxygen atoms in total. The highest BCUT2D eigenvalue weighted by Crippen LogP contribution is 2.36. The fraction of sp³-hybridized carbons (Fsp3) is 0.500. The molecule has 0 bridgehead atoms. The van der Waals surface area contributed by atoms with Gasteiger partial charge in [0.25, 0.3) is 0 Å². The zero-order chi connectivity index (χ0) is 21.7. The number of aromatic nitrogens is 1. The van der Waals surface area contributed by atoms with Crippen LogP contribution in [-0.4, -0.2) is 45.4 Å². The van der Waals surface area contributed by atoms with Crippen molar-refractivity contribution >= 4 is 58.5 Å². The van der Waals surface area contributed by atoms with E-state index in [1.807, 2.05) is 12.3 Å². The SMILES string of the molecule is CCC1=CSC(C(=O)N[C@@H]2CCCCC2NC(=O)C(=O)Nc2ccc(Cl)cn2)C1Cl. The smallest absolute Gasteiger partial charge is 0.314 e. The summed E-state index contributed by atoms with van der Waals surface area (Å²) in [5.41, 5.74) is 1.06. The van der Waals surface area contributed by atoms with E-state index >= 15 is 0 Å². The van der Waals surface area contributed by atoms with Crippen molar-refractivity contribution in [1.82, 2.24) is 15.6 Å². The minimum atomic E-state index is -0.815. The van der Waals surface area contributed by atoms with Crippen LogP contribution in [0.2, 0.25) is 5.02 Å². The summed E-state index contributed by atoms with van der Waals surface area (Å²) < 4.78 is 0. The fourth-order valence-corrected chi connectivity index (χ4v) is 5.40. The second kappa shape index (κ2) is 10.5. The second-order valence-electron chi connectivity index (χ2n) is 7.30. The molecule has 0 spiro atoms. The first kappa shape index (κ1) is 22.9. The summed E-state index contributed by atoms with van der Waals surface area (Å²) in [4.78, 5) is 41.3. The molecule has 2 heterocycles. The van der Waals surface area contributed by atoms with Gasteiger partial charge in [0.15, 0.2) is 0 Å². The number of nitrogens with one attached hydrogen (secondary N) is 3. The van der Waals surface area contributed by atoms with Gasteiger partial charge in [-0.25, -0.2) is 4.98 Å². The molecule has 10 heteroatoms. The van der Waals surface area contributed by atoms with E-state index in [9.17, 15) is 14.4 Å². The highest BCUT2D eigenvalue weighted by Gasteiger charge is 2.36. The van der Waals surface area contributed by atoms with Gasteiger partial charge in [0, 0.05) is 18.3 Å². The van der Waals surface area contributed by atoms with Gasteiger partial charge in [-0.2, -0.15) is 0 Å². The normalized spacial score (nSPS) is 25.9. The van der Waals surface area contributed by atoms with E-state index in [-0.39, 0.29) is 34.4 Å². The minimum absolute atomic E-state index is 0.138. The van der Waals surface area contributed by atoms with Gasteiger partial charge in [-0.05, 0) is 42.4 Å². The quantitative estimate of drug-likeness (QED) is 0.452. The molecule has 0 radical (unpaired) electrons. The molecule has 3 rings (SSSR count). The van der Waals surface area contributed by atoms with E-state index in [1.165, 1.54) is 24.0 Å². The minimum Gasteiger partial charge on any atom is -0.350 e. The molecule has 0 aromatic carbocycles. The van der Waals surface area contributed by atoms with Crippen LogP contribution in [0.1, 0.15) is 39.0 Å². The number of carbonyl (C=O) groups excluding carboxylic acids is 3. The average Bonchev–Trinajstić information content (AvgIpc) is 3.11. The van der Waals surface area contributed by atoms with Crippen LogP contribution in [0.5, 0.6) is 0 Å². The number of allylic oxidation sites excluding steroid dienone is 1. The van der Waals surface area contributed by atoms with Gasteiger partial charge in [0.2, 0.25) is 5.91 Å². The van der Waals surface area contributed by atoms with Crippen molar-refractivity contribution in [2.45, 2.75) is 61.7 Å². The Morgan fingerprint density at radius 1 is 1.13 bits per heavy atom. The molecular formula is C20H24Cl2N4O3S. The number of hydrogen-bond acceptors (Lipinski definition) is 5. The average molecular weight is 471 g/mol. The summed E-state index contributed by atoms with van der Waals surface area (Å²) in [5.74, 6) is -1.48. The Balaban J connectivity index is 1.56. The zero-order valence-electron chi connectivity index (χ0n) is 16.5. The Kier molecular flexibility index (Phi) is 8.02. The summed E-state index contributed by atoms with van der Waals surface area (Å²) in [7, 11) is 0. The monoisotopic (exact) mass is 470 g/mol. The molecule has 162 valence electrons. The standard InChI is InChI=1S/C20H24Cl2N4O3S/c1-2-11-10-30-17(16(11)22)18(27)24-13-5-3-4-6-14(13)25-19(28)20(29)26-15-8-7-12(21)9-23-15/h7-10,13-14,16-17H,2-6H2,1H3,(H,24,27)(H,25,28)(H,23,26,29)/t13-,14?,16?,17?/m1/s1. The van der Waals surface area contributed by atoms with E-state index in [0.717, 1.165) is 31.3 Å². The largest absolute Gasteiger partial charge is 0.350 e. The van der Waals surface area contributed by atoms with Crippen LogP contribution in [0.3, 0.4) is 0 Å². The fourth-order valence-electron chi connectivity index (χ4n) is 3.56. The summed E-state index contributed by atoms with van der Waals surface area (Å²) in [6, 6.07) is 2.51. The molecule has 3 unspecified atom stereocenters. The van der Waals surface area contributed by atoms with Crippen molar-refractivity contribution in [3.05, 3.63) is 34.3 Å². The van der Waals surface area contributed by atoms with Crippen molar-refractivity contribution in [1.29, 1.82) is 0 Å². The van der Waals surface area contributed by atoms with Crippen LogP contribution in [0, 0.1) is 0 Å². The van der Waals surface area contributed by atoms with E-state index in [0.29, 0.717) is 11.4 Å². The van der Waals surface area contributed by atoms with Crippen molar-refractivity contribution < 1.29 is 14.4 Å². The first-order valence-corrected chi connectivity index (χ1v) is 11.7. The maximum atomic E-state index is 12.8. The third-order valence-electron chi connectivity index (χ3n) is 5.24. The number of halogens is 2. The lowest BCUT2D eigenvalue weighted by Gasteiger charge is -2.33. The number of anilines is 1. The Morgan fingerprint density at radius 3 is 2.43 bits per heavy atom. The maximum Gasteiger partial charge on any atom is 0.314 e. The van der Waals surface area contributed by atoms with Crippen LogP contribution in [0.25, 0.3) is 0 Å². The summed E-state index contributed by atoms with van der Waals surface area (Å²) >= 11 is 13.6. The number of amides is 3. The van der Waals surface area contributed by atoms with Crippen LogP contribution >= 0.6 is 35.0 Å². The molecule has 0 saturated heterocycles. The molecule has 1 aromatic rings. The lowest BCUT2D eigenvalue weighted by atomic mass is 9.90. The van der Waals surface area contributed by atoms with Gasteiger partial charge in [0.1, 0.15) is 11.1 Å². The molecule has 4 atom stereocenters. The van der Waals surface area contributed by atoms with E-state index in [2.05, 4.69) is 20.9 Å². The first-order chi connectivity index (χ1) is 14.4. The number of hydrogen-bond donors (Lipinski definition) is 3. The Labute approximate surface area is 189 Å². The summed E-state index contributed by atoms with van der Waals surface area (Å²) in [5, 5.41) is 9.92. The summed E-state index contributed by atoms with van der Waals surface area (Å²) in [6.07, 6.45) is 5.46. The van der Waals surface area contributed by atoms with Crippen molar-refractivity contribution in [2.75, 3.05) is 5.32 Å². The number of pyridine rings is 1. The number of thioether (sulfide) groups is 1. The van der Waals surface area contributed by atoms with Crippen molar-refractivity contribution in [3.63, 3.8) is 0 Å². The molecular weight excluding hydrogens is 447 g/mol. The molecule has 1 aliphatic heterocycles. The number of carbonyl (C=O) groups is 3. The Hall–Kier alpha value is -1.77.